The van der Waals surface area contributed by atoms with Crippen molar-refractivity contribution in [2.75, 3.05) is 25.0 Å². The lowest BCUT2D eigenvalue weighted by Gasteiger charge is -2.24. The molecule has 1 heterocycles. The van der Waals surface area contributed by atoms with Crippen LogP contribution >= 0.6 is 0 Å². The Morgan fingerprint density at radius 3 is 3.00 bits per heavy atom. The van der Waals surface area contributed by atoms with Gasteiger partial charge in [0.15, 0.2) is 0 Å². The smallest absolute Gasteiger partial charge is 0.251 e. The van der Waals surface area contributed by atoms with E-state index in [4.69, 9.17) is 5.11 Å². The van der Waals surface area contributed by atoms with Gasteiger partial charge in [-0.15, -0.1) is 0 Å². The van der Waals surface area contributed by atoms with Gasteiger partial charge in [-0.25, -0.2) is 0 Å². The fraction of sp³-hybridized carbons (Fsp3) is 0.562. The number of fused-ring (bicyclic) bond motifs is 1. The average molecular weight is 276 g/mol. The molecular formula is C16H24N2O2. The van der Waals surface area contributed by atoms with Crippen LogP contribution in [0.4, 0.5) is 5.69 Å². The normalized spacial score (nSPS) is 14.3. The molecule has 1 aliphatic heterocycles. The van der Waals surface area contributed by atoms with Gasteiger partial charge in [-0.3, -0.25) is 4.79 Å². The van der Waals surface area contributed by atoms with Crippen LogP contribution in [0.25, 0.3) is 0 Å². The molecule has 0 radical (unpaired) electrons. The summed E-state index contributed by atoms with van der Waals surface area (Å²) in [5.41, 5.74) is 3.00. The molecule has 0 atom stereocenters. The summed E-state index contributed by atoms with van der Waals surface area (Å²) in [5.74, 6) is -0.0376. The standard InChI is InChI=1S/C16H24N2O2/c1-16(2,7-9-19)11-18-15(20)13-5-6-14-12(10-13)4-3-8-17-14/h5-6,10,17,19H,3-4,7-9,11H2,1-2H3,(H,18,20). The van der Waals surface area contributed by atoms with Crippen molar-refractivity contribution in [2.45, 2.75) is 33.1 Å². The number of carbonyl (C=O) groups is 1. The van der Waals surface area contributed by atoms with Crippen molar-refractivity contribution in [2.24, 2.45) is 5.41 Å². The van der Waals surface area contributed by atoms with E-state index in [0.717, 1.165) is 25.1 Å². The largest absolute Gasteiger partial charge is 0.396 e. The number of aliphatic hydroxyl groups is 1. The molecule has 20 heavy (non-hydrogen) atoms. The highest BCUT2D eigenvalue weighted by atomic mass is 16.3. The molecule has 110 valence electrons. The zero-order valence-electron chi connectivity index (χ0n) is 12.3. The first-order valence-electron chi connectivity index (χ1n) is 7.28. The lowest BCUT2D eigenvalue weighted by Crippen LogP contribution is -2.34. The van der Waals surface area contributed by atoms with Crippen molar-refractivity contribution in [1.82, 2.24) is 5.32 Å². The molecule has 1 amide bonds. The van der Waals surface area contributed by atoms with E-state index in [9.17, 15) is 4.79 Å². The van der Waals surface area contributed by atoms with Crippen LogP contribution in [-0.2, 0) is 6.42 Å². The Morgan fingerprint density at radius 1 is 1.45 bits per heavy atom. The molecule has 0 bridgehead atoms. The van der Waals surface area contributed by atoms with Crippen LogP contribution in [-0.4, -0.2) is 30.7 Å². The van der Waals surface area contributed by atoms with Gasteiger partial charge < -0.3 is 15.7 Å². The second kappa shape index (κ2) is 6.27. The van der Waals surface area contributed by atoms with Gasteiger partial charge in [0.1, 0.15) is 0 Å². The second-order valence-electron chi connectivity index (χ2n) is 6.22. The molecule has 4 heteroatoms. The summed E-state index contributed by atoms with van der Waals surface area (Å²) < 4.78 is 0. The maximum absolute atomic E-state index is 12.2. The van der Waals surface area contributed by atoms with E-state index in [1.807, 2.05) is 32.0 Å². The first-order chi connectivity index (χ1) is 9.52. The van der Waals surface area contributed by atoms with Crippen molar-refractivity contribution in [3.63, 3.8) is 0 Å². The Bertz CT molecular complexity index is 483. The van der Waals surface area contributed by atoms with Crippen molar-refractivity contribution >= 4 is 11.6 Å². The average Bonchev–Trinajstić information content (AvgIpc) is 2.44. The van der Waals surface area contributed by atoms with Gasteiger partial charge in [-0.05, 0) is 48.4 Å². The fourth-order valence-electron chi connectivity index (χ4n) is 2.43. The number of anilines is 1. The van der Waals surface area contributed by atoms with Crippen LogP contribution in [0.15, 0.2) is 18.2 Å². The first-order valence-corrected chi connectivity index (χ1v) is 7.28. The second-order valence-corrected chi connectivity index (χ2v) is 6.22. The predicted octanol–water partition coefficient (Wildman–Crippen LogP) is 2.18. The van der Waals surface area contributed by atoms with Crippen molar-refractivity contribution < 1.29 is 9.90 Å². The maximum Gasteiger partial charge on any atom is 0.251 e. The number of nitrogens with one attached hydrogen (secondary N) is 2. The first kappa shape index (κ1) is 14.9. The van der Waals surface area contributed by atoms with Gasteiger partial charge in [0.25, 0.3) is 5.91 Å². The van der Waals surface area contributed by atoms with E-state index >= 15 is 0 Å². The number of hydrogen-bond donors (Lipinski definition) is 3. The minimum Gasteiger partial charge on any atom is -0.396 e. The molecule has 0 saturated heterocycles. The molecule has 0 fully saturated rings. The third kappa shape index (κ3) is 3.73. The number of aliphatic hydroxyl groups excluding tert-OH is 1. The predicted molar refractivity (Wildman–Crippen MR) is 81.1 cm³/mol. The van der Waals surface area contributed by atoms with Crippen LogP contribution in [0, 0.1) is 5.41 Å². The number of hydrogen-bond acceptors (Lipinski definition) is 3. The van der Waals surface area contributed by atoms with E-state index in [2.05, 4.69) is 10.6 Å². The van der Waals surface area contributed by atoms with Gasteiger partial charge >= 0.3 is 0 Å². The maximum atomic E-state index is 12.2. The van der Waals surface area contributed by atoms with Crippen LogP contribution in [0.5, 0.6) is 0 Å². The van der Waals surface area contributed by atoms with Crippen molar-refractivity contribution in [3.8, 4) is 0 Å². The summed E-state index contributed by atoms with van der Waals surface area (Å²) in [7, 11) is 0. The number of aryl methyl sites for hydroxylation is 1. The fourth-order valence-corrected chi connectivity index (χ4v) is 2.43. The van der Waals surface area contributed by atoms with Gasteiger partial charge in [0, 0.05) is 30.9 Å². The molecule has 3 N–H and O–H groups in total. The van der Waals surface area contributed by atoms with Gasteiger partial charge in [-0.1, -0.05) is 13.8 Å². The van der Waals surface area contributed by atoms with Crippen LogP contribution in [0.2, 0.25) is 0 Å². The highest BCUT2D eigenvalue weighted by Gasteiger charge is 2.19. The van der Waals surface area contributed by atoms with Crippen molar-refractivity contribution in [1.29, 1.82) is 0 Å². The molecule has 1 aromatic rings. The van der Waals surface area contributed by atoms with E-state index < -0.39 is 0 Å². The van der Waals surface area contributed by atoms with Crippen LogP contribution < -0.4 is 10.6 Å². The molecule has 1 aromatic carbocycles. The molecule has 0 saturated carbocycles. The SMILES string of the molecule is CC(C)(CCO)CNC(=O)c1ccc2c(c1)CCCN2. The number of benzene rings is 1. The Hall–Kier alpha value is -1.55. The van der Waals surface area contributed by atoms with Crippen molar-refractivity contribution in [3.05, 3.63) is 29.3 Å². The zero-order chi connectivity index (χ0) is 14.6. The number of rotatable bonds is 5. The van der Waals surface area contributed by atoms with Gasteiger partial charge in [0.05, 0.1) is 0 Å². The minimum atomic E-state index is -0.0832. The number of amides is 1. The number of carbonyl (C=O) groups excluding carboxylic acids is 1. The monoisotopic (exact) mass is 276 g/mol. The molecule has 1 aliphatic rings. The minimum absolute atomic E-state index is 0.0376. The van der Waals surface area contributed by atoms with Crippen LogP contribution in [0.3, 0.4) is 0 Å². The summed E-state index contributed by atoms with van der Waals surface area (Å²) in [5, 5.41) is 15.3. The topological polar surface area (TPSA) is 61.4 Å². The highest BCUT2D eigenvalue weighted by Crippen LogP contribution is 2.23. The molecule has 2 rings (SSSR count). The summed E-state index contributed by atoms with van der Waals surface area (Å²) in [6.07, 6.45) is 2.82. The summed E-state index contributed by atoms with van der Waals surface area (Å²) in [6, 6.07) is 5.84. The summed E-state index contributed by atoms with van der Waals surface area (Å²) in [4.78, 5) is 12.2. The Kier molecular flexibility index (Phi) is 4.65. The van der Waals surface area contributed by atoms with E-state index in [0.29, 0.717) is 18.5 Å². The lowest BCUT2D eigenvalue weighted by atomic mass is 9.89. The zero-order valence-corrected chi connectivity index (χ0v) is 12.3. The summed E-state index contributed by atoms with van der Waals surface area (Å²) in [6.45, 7) is 5.81. The Morgan fingerprint density at radius 2 is 2.25 bits per heavy atom. The summed E-state index contributed by atoms with van der Waals surface area (Å²) >= 11 is 0. The van der Waals surface area contributed by atoms with Crippen LogP contribution in [0.1, 0.15) is 42.6 Å². The Labute approximate surface area is 120 Å². The van der Waals surface area contributed by atoms with E-state index in [1.165, 1.54) is 5.56 Å². The third-order valence-electron chi connectivity index (χ3n) is 3.82. The lowest BCUT2D eigenvalue weighted by molar-refractivity contribution is 0.0928. The molecular weight excluding hydrogens is 252 g/mol. The molecule has 0 aliphatic carbocycles. The van der Waals surface area contributed by atoms with Gasteiger partial charge in [-0.2, -0.15) is 0 Å². The van der Waals surface area contributed by atoms with Gasteiger partial charge in [0.2, 0.25) is 0 Å². The molecule has 0 aromatic heterocycles. The molecule has 4 nitrogen and oxygen atoms in total. The quantitative estimate of drug-likeness (QED) is 0.772. The molecule has 0 unspecified atom stereocenters. The van der Waals surface area contributed by atoms with E-state index in [-0.39, 0.29) is 17.9 Å². The third-order valence-corrected chi connectivity index (χ3v) is 3.82. The Balaban J connectivity index is 1.99. The highest BCUT2D eigenvalue weighted by molar-refractivity contribution is 5.95. The molecule has 0 spiro atoms. The van der Waals surface area contributed by atoms with E-state index in [1.54, 1.807) is 0 Å².